The van der Waals surface area contributed by atoms with E-state index in [1.54, 1.807) is 0 Å². The van der Waals surface area contributed by atoms with Crippen molar-refractivity contribution in [1.29, 1.82) is 0 Å². The fourth-order valence-electron chi connectivity index (χ4n) is 1.60. The van der Waals surface area contributed by atoms with Gasteiger partial charge in [-0.05, 0) is 37.6 Å². The van der Waals surface area contributed by atoms with Crippen LogP contribution >= 0.6 is 11.6 Å². The molecule has 0 fully saturated rings. The molecule has 1 amide bonds. The molecule has 1 aromatic carbocycles. The molecule has 0 bridgehead atoms. The van der Waals surface area contributed by atoms with Crippen LogP contribution in [-0.4, -0.2) is 12.5 Å². The highest BCUT2D eigenvalue weighted by atomic mass is 35.5. The zero-order valence-electron chi connectivity index (χ0n) is 10.2. The van der Waals surface area contributed by atoms with Crippen molar-refractivity contribution >= 4 is 17.5 Å². The second kappa shape index (κ2) is 6.62. The SMILES string of the molecule is CC(CCN)C(=O)N[C@@H](C)c1cccc(Cl)c1. The maximum Gasteiger partial charge on any atom is 0.223 e. The number of hydrogen-bond donors (Lipinski definition) is 2. The predicted molar refractivity (Wildman–Crippen MR) is 70.8 cm³/mol. The molecule has 0 saturated carbocycles. The molecule has 0 spiro atoms. The quantitative estimate of drug-likeness (QED) is 0.848. The standard InChI is InChI=1S/C13H19ClN2O/c1-9(6-7-15)13(17)16-10(2)11-4-3-5-12(14)8-11/h3-5,8-10H,6-7,15H2,1-2H3,(H,16,17)/t9?,10-/m0/s1. The monoisotopic (exact) mass is 254 g/mol. The lowest BCUT2D eigenvalue weighted by Gasteiger charge is -2.17. The lowest BCUT2D eigenvalue weighted by Crippen LogP contribution is -2.32. The highest BCUT2D eigenvalue weighted by molar-refractivity contribution is 6.30. The van der Waals surface area contributed by atoms with Crippen LogP contribution in [0.3, 0.4) is 0 Å². The first-order chi connectivity index (χ1) is 8.04. The number of hydrogen-bond acceptors (Lipinski definition) is 2. The molecular weight excluding hydrogens is 236 g/mol. The summed E-state index contributed by atoms with van der Waals surface area (Å²) in [6.45, 7) is 4.35. The molecule has 0 saturated heterocycles. The van der Waals surface area contributed by atoms with E-state index in [4.69, 9.17) is 17.3 Å². The second-order valence-corrected chi connectivity index (χ2v) is 4.70. The van der Waals surface area contributed by atoms with E-state index in [0.717, 1.165) is 5.56 Å². The van der Waals surface area contributed by atoms with Gasteiger partial charge in [0.1, 0.15) is 0 Å². The van der Waals surface area contributed by atoms with E-state index in [-0.39, 0.29) is 17.9 Å². The summed E-state index contributed by atoms with van der Waals surface area (Å²) in [5.74, 6) is -0.0236. The molecule has 0 aliphatic carbocycles. The molecule has 0 aromatic heterocycles. The van der Waals surface area contributed by atoms with Gasteiger partial charge in [-0.15, -0.1) is 0 Å². The van der Waals surface area contributed by atoms with Crippen molar-refractivity contribution in [3.8, 4) is 0 Å². The molecule has 3 nitrogen and oxygen atoms in total. The van der Waals surface area contributed by atoms with Gasteiger partial charge in [0.2, 0.25) is 5.91 Å². The van der Waals surface area contributed by atoms with Crippen LogP contribution in [0.1, 0.15) is 31.9 Å². The molecule has 1 unspecified atom stereocenters. The van der Waals surface area contributed by atoms with Gasteiger partial charge in [-0.1, -0.05) is 30.7 Å². The van der Waals surface area contributed by atoms with Crippen molar-refractivity contribution in [1.82, 2.24) is 5.32 Å². The number of nitrogens with two attached hydrogens (primary N) is 1. The van der Waals surface area contributed by atoms with Crippen LogP contribution in [0.4, 0.5) is 0 Å². The lowest BCUT2D eigenvalue weighted by molar-refractivity contribution is -0.125. The fourth-order valence-corrected chi connectivity index (χ4v) is 1.79. The molecule has 4 heteroatoms. The van der Waals surface area contributed by atoms with Crippen LogP contribution in [-0.2, 0) is 4.79 Å². The summed E-state index contributed by atoms with van der Waals surface area (Å²) < 4.78 is 0. The Balaban J connectivity index is 2.60. The highest BCUT2D eigenvalue weighted by Gasteiger charge is 2.15. The molecule has 0 aliphatic rings. The first-order valence-corrected chi connectivity index (χ1v) is 6.18. The van der Waals surface area contributed by atoms with E-state index in [1.807, 2.05) is 38.1 Å². The number of rotatable bonds is 5. The summed E-state index contributed by atoms with van der Waals surface area (Å²) in [6.07, 6.45) is 0.702. The Labute approximate surface area is 107 Å². The molecule has 17 heavy (non-hydrogen) atoms. The van der Waals surface area contributed by atoms with Crippen LogP contribution in [0.25, 0.3) is 0 Å². The van der Waals surface area contributed by atoms with Crippen LogP contribution in [0, 0.1) is 5.92 Å². The normalized spacial score (nSPS) is 14.1. The van der Waals surface area contributed by atoms with Crippen LogP contribution in [0.5, 0.6) is 0 Å². The summed E-state index contributed by atoms with van der Waals surface area (Å²) in [5.41, 5.74) is 6.44. The Bertz CT molecular complexity index is 381. The molecule has 2 atom stereocenters. The minimum Gasteiger partial charge on any atom is -0.349 e. The second-order valence-electron chi connectivity index (χ2n) is 4.26. The van der Waals surface area contributed by atoms with Crippen molar-refractivity contribution in [2.45, 2.75) is 26.3 Å². The van der Waals surface area contributed by atoms with Gasteiger partial charge in [0.15, 0.2) is 0 Å². The number of amides is 1. The third-order valence-electron chi connectivity index (χ3n) is 2.75. The van der Waals surface area contributed by atoms with Crippen molar-refractivity contribution in [3.63, 3.8) is 0 Å². The van der Waals surface area contributed by atoms with E-state index >= 15 is 0 Å². The average Bonchev–Trinajstić information content (AvgIpc) is 2.29. The molecule has 0 heterocycles. The molecule has 94 valence electrons. The van der Waals surface area contributed by atoms with E-state index < -0.39 is 0 Å². The maximum absolute atomic E-state index is 11.8. The number of carbonyl (C=O) groups is 1. The average molecular weight is 255 g/mol. The van der Waals surface area contributed by atoms with Gasteiger partial charge in [-0.25, -0.2) is 0 Å². The maximum atomic E-state index is 11.8. The van der Waals surface area contributed by atoms with Crippen molar-refractivity contribution in [3.05, 3.63) is 34.9 Å². The highest BCUT2D eigenvalue weighted by Crippen LogP contribution is 2.17. The first-order valence-electron chi connectivity index (χ1n) is 5.80. The summed E-state index contributed by atoms with van der Waals surface area (Å²) in [4.78, 5) is 11.8. The van der Waals surface area contributed by atoms with Crippen molar-refractivity contribution < 1.29 is 4.79 Å². The van der Waals surface area contributed by atoms with Crippen LogP contribution in [0.2, 0.25) is 5.02 Å². The summed E-state index contributed by atoms with van der Waals surface area (Å²) in [5, 5.41) is 3.63. The fraction of sp³-hybridized carbons (Fsp3) is 0.462. The van der Waals surface area contributed by atoms with Gasteiger partial charge >= 0.3 is 0 Å². The third kappa shape index (κ3) is 4.36. The Morgan fingerprint density at radius 1 is 1.47 bits per heavy atom. The Kier molecular flexibility index (Phi) is 5.45. The van der Waals surface area contributed by atoms with Crippen molar-refractivity contribution in [2.24, 2.45) is 11.7 Å². The van der Waals surface area contributed by atoms with Gasteiger partial charge in [-0.3, -0.25) is 4.79 Å². The third-order valence-corrected chi connectivity index (χ3v) is 2.99. The van der Waals surface area contributed by atoms with E-state index in [9.17, 15) is 4.79 Å². The molecule has 0 radical (unpaired) electrons. The number of halogens is 1. The minimum absolute atomic E-state index is 0.0305. The number of carbonyl (C=O) groups excluding carboxylic acids is 1. The summed E-state index contributed by atoms with van der Waals surface area (Å²) >= 11 is 5.91. The zero-order chi connectivity index (χ0) is 12.8. The molecule has 0 aliphatic heterocycles. The molecule has 3 N–H and O–H groups in total. The van der Waals surface area contributed by atoms with Gasteiger partial charge < -0.3 is 11.1 Å². The molecular formula is C13H19ClN2O. The lowest BCUT2D eigenvalue weighted by atomic mass is 10.0. The van der Waals surface area contributed by atoms with Crippen LogP contribution in [0.15, 0.2) is 24.3 Å². The summed E-state index contributed by atoms with van der Waals surface area (Å²) in [7, 11) is 0. The zero-order valence-corrected chi connectivity index (χ0v) is 11.0. The largest absolute Gasteiger partial charge is 0.349 e. The Morgan fingerprint density at radius 3 is 2.76 bits per heavy atom. The predicted octanol–water partition coefficient (Wildman–Crippen LogP) is 2.50. The molecule has 1 aromatic rings. The van der Waals surface area contributed by atoms with Gasteiger partial charge in [0, 0.05) is 10.9 Å². The number of nitrogens with one attached hydrogen (secondary N) is 1. The topological polar surface area (TPSA) is 55.1 Å². The van der Waals surface area contributed by atoms with Crippen molar-refractivity contribution in [2.75, 3.05) is 6.54 Å². The number of benzene rings is 1. The van der Waals surface area contributed by atoms with Gasteiger partial charge in [0.25, 0.3) is 0 Å². The first kappa shape index (κ1) is 14.0. The van der Waals surface area contributed by atoms with E-state index in [2.05, 4.69) is 5.32 Å². The van der Waals surface area contributed by atoms with E-state index in [0.29, 0.717) is 18.0 Å². The van der Waals surface area contributed by atoms with Crippen LogP contribution < -0.4 is 11.1 Å². The van der Waals surface area contributed by atoms with Gasteiger partial charge in [-0.2, -0.15) is 0 Å². The molecule has 1 rings (SSSR count). The minimum atomic E-state index is -0.0540. The Morgan fingerprint density at radius 2 is 2.18 bits per heavy atom. The Hall–Kier alpha value is -1.06. The summed E-state index contributed by atoms with van der Waals surface area (Å²) in [6, 6.07) is 7.46. The van der Waals surface area contributed by atoms with Gasteiger partial charge in [0.05, 0.1) is 6.04 Å². The van der Waals surface area contributed by atoms with E-state index in [1.165, 1.54) is 0 Å². The smallest absolute Gasteiger partial charge is 0.223 e.